The van der Waals surface area contributed by atoms with Crippen LogP contribution in [0.15, 0.2) is 60.1 Å². The number of carbonyl (C=O) groups is 1. The summed E-state index contributed by atoms with van der Waals surface area (Å²) >= 11 is 7.27. The third-order valence-corrected chi connectivity index (χ3v) is 5.00. The number of anilines is 1. The van der Waals surface area contributed by atoms with Gasteiger partial charge < -0.3 is 4.98 Å². The number of hydrogen-bond donors (Lipinski definition) is 2. The van der Waals surface area contributed by atoms with Crippen LogP contribution in [0.2, 0.25) is 5.02 Å². The number of imidazole rings is 1. The van der Waals surface area contributed by atoms with Crippen molar-refractivity contribution >= 4 is 39.7 Å². The number of halogens is 1. The van der Waals surface area contributed by atoms with E-state index < -0.39 is 10.8 Å². The summed E-state index contributed by atoms with van der Waals surface area (Å²) in [4.78, 5) is 34.9. The van der Waals surface area contributed by atoms with Gasteiger partial charge in [-0.15, -0.1) is 11.3 Å². The molecule has 0 bridgehead atoms. The Bertz CT molecular complexity index is 1170. The monoisotopic (exact) mass is 425 g/mol. The molecule has 2 aromatic carbocycles. The highest BCUT2D eigenvalue weighted by atomic mass is 35.5. The Morgan fingerprint density at radius 3 is 2.41 bits per heavy atom. The largest absolute Gasteiger partial charge is 0.337 e. The third-order valence-electron chi connectivity index (χ3n) is 4.06. The van der Waals surface area contributed by atoms with Gasteiger partial charge in [0.05, 0.1) is 10.6 Å². The molecule has 0 aliphatic rings. The first-order valence-electron chi connectivity index (χ1n) is 8.33. The van der Waals surface area contributed by atoms with Gasteiger partial charge in [-0.25, -0.2) is 9.97 Å². The molecule has 0 radical (unpaired) electrons. The summed E-state index contributed by atoms with van der Waals surface area (Å²) in [6, 6.07) is 12.9. The zero-order valence-corrected chi connectivity index (χ0v) is 16.2. The molecule has 0 atom stereocenters. The number of amides is 1. The standard InChI is InChI=1S/C19H12ClN5O3S/c20-13-5-1-11(2-6-13)15-16(18(26)24-19-21-9-10-29-19)23-17(22-15)12-3-7-14(8-4-12)25(27)28/h1-10H,(H,22,23)(H,21,24,26). The predicted molar refractivity (Wildman–Crippen MR) is 111 cm³/mol. The van der Waals surface area contributed by atoms with Gasteiger partial charge in [-0.2, -0.15) is 0 Å². The molecular weight excluding hydrogens is 414 g/mol. The van der Waals surface area contributed by atoms with E-state index in [2.05, 4.69) is 20.3 Å². The van der Waals surface area contributed by atoms with Crippen molar-refractivity contribution in [2.45, 2.75) is 0 Å². The average molecular weight is 426 g/mol. The maximum Gasteiger partial charge on any atom is 0.278 e. The Labute approximate surface area is 173 Å². The number of thiazole rings is 1. The van der Waals surface area contributed by atoms with E-state index in [-0.39, 0.29) is 11.4 Å². The molecule has 10 heteroatoms. The fourth-order valence-corrected chi connectivity index (χ4v) is 3.33. The van der Waals surface area contributed by atoms with Crippen LogP contribution < -0.4 is 5.32 Å². The van der Waals surface area contributed by atoms with Crippen LogP contribution in [0.5, 0.6) is 0 Å². The Morgan fingerprint density at radius 2 is 1.79 bits per heavy atom. The maximum absolute atomic E-state index is 12.8. The second kappa shape index (κ2) is 7.82. The fraction of sp³-hybridized carbons (Fsp3) is 0. The quantitative estimate of drug-likeness (QED) is 0.344. The van der Waals surface area contributed by atoms with Gasteiger partial charge in [-0.1, -0.05) is 23.7 Å². The molecule has 29 heavy (non-hydrogen) atoms. The smallest absolute Gasteiger partial charge is 0.278 e. The summed E-state index contributed by atoms with van der Waals surface area (Å²) in [5.74, 6) is -0.0107. The lowest BCUT2D eigenvalue weighted by molar-refractivity contribution is -0.384. The first-order chi connectivity index (χ1) is 14.0. The molecule has 2 N–H and O–H groups in total. The predicted octanol–water partition coefficient (Wildman–Crippen LogP) is 5.01. The van der Waals surface area contributed by atoms with Gasteiger partial charge in [0.2, 0.25) is 0 Å². The maximum atomic E-state index is 12.8. The van der Waals surface area contributed by atoms with Crippen LogP contribution in [0, 0.1) is 10.1 Å². The number of nitro benzene ring substituents is 1. The molecule has 4 aromatic rings. The fourth-order valence-electron chi connectivity index (χ4n) is 2.68. The normalized spacial score (nSPS) is 10.7. The number of nitrogens with one attached hydrogen (secondary N) is 2. The minimum Gasteiger partial charge on any atom is -0.337 e. The first-order valence-corrected chi connectivity index (χ1v) is 9.58. The van der Waals surface area contributed by atoms with Crippen molar-refractivity contribution in [3.8, 4) is 22.6 Å². The second-order valence-corrected chi connectivity index (χ2v) is 7.24. The molecule has 1 amide bonds. The Morgan fingerprint density at radius 1 is 1.10 bits per heavy atom. The van der Waals surface area contributed by atoms with Gasteiger partial charge in [0.15, 0.2) is 10.8 Å². The molecule has 2 heterocycles. The topological polar surface area (TPSA) is 114 Å². The number of non-ortho nitro benzene ring substituents is 1. The first kappa shape index (κ1) is 18.8. The number of H-pyrrole nitrogens is 1. The number of aromatic nitrogens is 3. The van der Waals surface area contributed by atoms with Crippen molar-refractivity contribution in [1.82, 2.24) is 15.0 Å². The van der Waals surface area contributed by atoms with Gasteiger partial charge in [-0.05, 0) is 24.3 Å². The van der Waals surface area contributed by atoms with E-state index >= 15 is 0 Å². The van der Waals surface area contributed by atoms with Crippen LogP contribution in [0.3, 0.4) is 0 Å². The summed E-state index contributed by atoms with van der Waals surface area (Å²) in [6.07, 6.45) is 1.59. The van der Waals surface area contributed by atoms with Gasteiger partial charge >= 0.3 is 0 Å². The van der Waals surface area contributed by atoms with Crippen LogP contribution in [-0.2, 0) is 0 Å². The lowest BCUT2D eigenvalue weighted by Crippen LogP contribution is -2.13. The van der Waals surface area contributed by atoms with E-state index in [9.17, 15) is 14.9 Å². The van der Waals surface area contributed by atoms with Crippen molar-refractivity contribution in [1.29, 1.82) is 0 Å². The molecule has 144 valence electrons. The molecule has 0 spiro atoms. The minimum atomic E-state index is -0.474. The molecular formula is C19H12ClN5O3S. The zero-order chi connectivity index (χ0) is 20.4. The van der Waals surface area contributed by atoms with E-state index in [4.69, 9.17) is 11.6 Å². The molecule has 4 rings (SSSR count). The molecule has 0 aliphatic heterocycles. The van der Waals surface area contributed by atoms with Crippen molar-refractivity contribution in [2.24, 2.45) is 0 Å². The van der Waals surface area contributed by atoms with E-state index in [1.165, 1.54) is 23.5 Å². The molecule has 2 aromatic heterocycles. The summed E-state index contributed by atoms with van der Waals surface area (Å²) < 4.78 is 0. The lowest BCUT2D eigenvalue weighted by atomic mass is 10.1. The van der Waals surface area contributed by atoms with E-state index in [1.807, 2.05) is 0 Å². The molecule has 8 nitrogen and oxygen atoms in total. The van der Waals surface area contributed by atoms with Gasteiger partial charge in [0.1, 0.15) is 5.82 Å². The Kier molecular flexibility index (Phi) is 5.07. The Balaban J connectivity index is 1.76. The number of rotatable bonds is 5. The molecule has 0 saturated heterocycles. The molecule has 0 saturated carbocycles. The SMILES string of the molecule is O=C(Nc1nccs1)c1nc(-c2ccc([N+](=O)[O-])cc2)[nH]c1-c1ccc(Cl)cc1. The van der Waals surface area contributed by atoms with Crippen LogP contribution >= 0.6 is 22.9 Å². The number of aromatic amines is 1. The minimum absolute atomic E-state index is 0.0278. The average Bonchev–Trinajstić information content (AvgIpc) is 3.38. The van der Waals surface area contributed by atoms with E-state index in [0.717, 1.165) is 5.56 Å². The Hall–Kier alpha value is -3.56. The number of benzene rings is 2. The van der Waals surface area contributed by atoms with E-state index in [0.29, 0.717) is 27.2 Å². The number of nitro groups is 1. The number of hydrogen-bond acceptors (Lipinski definition) is 6. The highest BCUT2D eigenvalue weighted by molar-refractivity contribution is 7.13. The van der Waals surface area contributed by atoms with Crippen LogP contribution in [0.25, 0.3) is 22.6 Å². The number of nitrogens with zero attached hydrogens (tertiary/aromatic N) is 3. The lowest BCUT2D eigenvalue weighted by Gasteiger charge is -2.03. The number of carbonyl (C=O) groups excluding carboxylic acids is 1. The van der Waals surface area contributed by atoms with E-state index in [1.54, 1.807) is 48.0 Å². The molecule has 0 aliphatic carbocycles. The van der Waals surface area contributed by atoms with Crippen molar-refractivity contribution in [3.05, 3.63) is 80.9 Å². The highest BCUT2D eigenvalue weighted by Crippen LogP contribution is 2.29. The zero-order valence-electron chi connectivity index (χ0n) is 14.6. The van der Waals surface area contributed by atoms with Crippen molar-refractivity contribution < 1.29 is 9.72 Å². The molecule has 0 unspecified atom stereocenters. The van der Waals surface area contributed by atoms with Crippen molar-refractivity contribution in [3.63, 3.8) is 0 Å². The van der Waals surface area contributed by atoms with Gasteiger partial charge in [-0.3, -0.25) is 20.2 Å². The summed E-state index contributed by atoms with van der Waals surface area (Å²) in [6.45, 7) is 0. The summed E-state index contributed by atoms with van der Waals surface area (Å²) in [5.41, 5.74) is 1.98. The van der Waals surface area contributed by atoms with Crippen molar-refractivity contribution in [2.75, 3.05) is 5.32 Å². The van der Waals surface area contributed by atoms with Gasteiger partial charge in [0.25, 0.3) is 11.6 Å². The summed E-state index contributed by atoms with van der Waals surface area (Å²) in [7, 11) is 0. The van der Waals surface area contributed by atoms with Gasteiger partial charge in [0, 0.05) is 39.9 Å². The molecule has 0 fully saturated rings. The second-order valence-electron chi connectivity index (χ2n) is 5.91. The summed E-state index contributed by atoms with van der Waals surface area (Å²) in [5, 5.41) is 16.4. The van der Waals surface area contributed by atoms with Crippen LogP contribution in [-0.4, -0.2) is 25.8 Å². The highest BCUT2D eigenvalue weighted by Gasteiger charge is 2.21. The van der Waals surface area contributed by atoms with Crippen LogP contribution in [0.1, 0.15) is 10.5 Å². The third kappa shape index (κ3) is 4.00. The van der Waals surface area contributed by atoms with Crippen LogP contribution in [0.4, 0.5) is 10.8 Å².